The molecule has 0 saturated heterocycles. The monoisotopic (exact) mass is 278 g/mol. The van der Waals surface area contributed by atoms with Gasteiger partial charge in [0.25, 0.3) is 0 Å². The van der Waals surface area contributed by atoms with Gasteiger partial charge in [0.15, 0.2) is 0 Å². The lowest BCUT2D eigenvalue weighted by Crippen LogP contribution is -2.04. The molecule has 3 nitrogen and oxygen atoms in total. The SMILES string of the molecule is Cc1ccc(OCc2cc(F)cc(F)c2)c(C(=O)O)c1. The van der Waals surface area contributed by atoms with Crippen molar-refractivity contribution in [3.63, 3.8) is 0 Å². The molecule has 0 aliphatic carbocycles. The first-order valence-corrected chi connectivity index (χ1v) is 5.87. The van der Waals surface area contributed by atoms with E-state index in [1.54, 1.807) is 13.0 Å². The summed E-state index contributed by atoms with van der Waals surface area (Å²) in [6, 6.07) is 7.74. The zero-order valence-corrected chi connectivity index (χ0v) is 10.7. The Balaban J connectivity index is 2.20. The Labute approximate surface area is 114 Å². The second-order valence-corrected chi connectivity index (χ2v) is 4.37. The first-order valence-electron chi connectivity index (χ1n) is 5.87. The lowest BCUT2D eigenvalue weighted by Gasteiger charge is -2.10. The van der Waals surface area contributed by atoms with Crippen LogP contribution in [-0.2, 0) is 6.61 Å². The van der Waals surface area contributed by atoms with Crippen LogP contribution in [-0.4, -0.2) is 11.1 Å². The highest BCUT2D eigenvalue weighted by molar-refractivity contribution is 5.91. The molecule has 0 spiro atoms. The number of aryl methyl sites for hydroxylation is 1. The van der Waals surface area contributed by atoms with Crippen LogP contribution in [0.5, 0.6) is 5.75 Å². The van der Waals surface area contributed by atoms with Crippen LogP contribution in [0.1, 0.15) is 21.5 Å². The van der Waals surface area contributed by atoms with Gasteiger partial charge in [-0.25, -0.2) is 13.6 Å². The molecule has 2 aromatic rings. The number of halogens is 2. The summed E-state index contributed by atoms with van der Waals surface area (Å²) in [4.78, 5) is 11.1. The van der Waals surface area contributed by atoms with E-state index in [0.29, 0.717) is 5.56 Å². The minimum Gasteiger partial charge on any atom is -0.488 e. The molecular formula is C15H12F2O3. The summed E-state index contributed by atoms with van der Waals surface area (Å²) in [5, 5.41) is 9.08. The number of ether oxygens (including phenoxy) is 1. The van der Waals surface area contributed by atoms with E-state index in [4.69, 9.17) is 9.84 Å². The maximum absolute atomic E-state index is 13.0. The maximum atomic E-state index is 13.0. The summed E-state index contributed by atoms with van der Waals surface area (Å²) in [5.41, 5.74) is 1.09. The fourth-order valence-electron chi connectivity index (χ4n) is 1.79. The number of aromatic carboxylic acids is 1. The van der Waals surface area contributed by atoms with Crippen molar-refractivity contribution < 1.29 is 23.4 Å². The van der Waals surface area contributed by atoms with Crippen LogP contribution in [0.25, 0.3) is 0 Å². The molecule has 0 aliphatic rings. The molecule has 0 aromatic heterocycles. The van der Waals surface area contributed by atoms with E-state index in [2.05, 4.69) is 0 Å². The molecule has 0 atom stereocenters. The molecule has 20 heavy (non-hydrogen) atoms. The summed E-state index contributed by atoms with van der Waals surface area (Å²) in [7, 11) is 0. The van der Waals surface area contributed by atoms with Crippen LogP contribution in [0.2, 0.25) is 0 Å². The summed E-state index contributed by atoms with van der Waals surface area (Å²) in [6.45, 7) is 1.65. The molecule has 5 heteroatoms. The molecule has 104 valence electrons. The normalized spacial score (nSPS) is 10.3. The van der Waals surface area contributed by atoms with Gasteiger partial charge in [-0.2, -0.15) is 0 Å². The second kappa shape index (κ2) is 5.69. The predicted octanol–water partition coefficient (Wildman–Crippen LogP) is 3.55. The molecule has 2 aromatic carbocycles. The highest BCUT2D eigenvalue weighted by Crippen LogP contribution is 2.21. The second-order valence-electron chi connectivity index (χ2n) is 4.37. The van der Waals surface area contributed by atoms with Crippen molar-refractivity contribution in [2.75, 3.05) is 0 Å². The highest BCUT2D eigenvalue weighted by atomic mass is 19.1. The van der Waals surface area contributed by atoms with E-state index in [1.807, 2.05) is 0 Å². The summed E-state index contributed by atoms with van der Waals surface area (Å²) >= 11 is 0. The molecule has 0 bridgehead atoms. The van der Waals surface area contributed by atoms with Crippen molar-refractivity contribution in [1.29, 1.82) is 0 Å². The van der Waals surface area contributed by atoms with Gasteiger partial charge in [0.05, 0.1) is 0 Å². The molecule has 0 unspecified atom stereocenters. The minimum atomic E-state index is -1.12. The molecule has 0 fully saturated rings. The number of carboxylic acids is 1. The Morgan fingerprint density at radius 1 is 1.15 bits per heavy atom. The van der Waals surface area contributed by atoms with Crippen LogP contribution >= 0.6 is 0 Å². The Kier molecular flexibility index (Phi) is 3.98. The summed E-state index contributed by atoms with van der Waals surface area (Å²) in [6.07, 6.45) is 0. The first-order chi connectivity index (χ1) is 9.45. The van der Waals surface area contributed by atoms with E-state index >= 15 is 0 Å². The standard InChI is InChI=1S/C15H12F2O3/c1-9-2-3-14(13(4-9)15(18)19)20-8-10-5-11(16)7-12(17)6-10/h2-7H,8H2,1H3,(H,18,19). The van der Waals surface area contributed by atoms with Gasteiger partial charge in [-0.3, -0.25) is 0 Å². The van der Waals surface area contributed by atoms with Gasteiger partial charge < -0.3 is 9.84 Å². The lowest BCUT2D eigenvalue weighted by atomic mass is 10.1. The number of rotatable bonds is 4. The highest BCUT2D eigenvalue weighted by Gasteiger charge is 2.12. The molecule has 0 heterocycles. The van der Waals surface area contributed by atoms with E-state index in [0.717, 1.165) is 23.8 Å². The molecule has 0 amide bonds. The molecule has 0 radical (unpaired) electrons. The third kappa shape index (κ3) is 3.32. The van der Waals surface area contributed by atoms with E-state index in [1.165, 1.54) is 12.1 Å². The Morgan fingerprint density at radius 2 is 1.80 bits per heavy atom. The molecule has 1 N–H and O–H groups in total. The quantitative estimate of drug-likeness (QED) is 0.930. The maximum Gasteiger partial charge on any atom is 0.339 e. The zero-order chi connectivity index (χ0) is 14.7. The predicted molar refractivity (Wildman–Crippen MR) is 68.8 cm³/mol. The average Bonchev–Trinajstić information content (AvgIpc) is 2.36. The molecule has 0 saturated carbocycles. The number of benzene rings is 2. The number of carbonyl (C=O) groups is 1. The van der Waals surface area contributed by atoms with Crippen LogP contribution in [0.3, 0.4) is 0 Å². The van der Waals surface area contributed by atoms with Gasteiger partial charge in [0.2, 0.25) is 0 Å². The number of carboxylic acid groups (broad SMARTS) is 1. The number of hydrogen-bond donors (Lipinski definition) is 1. The average molecular weight is 278 g/mol. The van der Waals surface area contributed by atoms with Gasteiger partial charge >= 0.3 is 5.97 Å². The molecular weight excluding hydrogens is 266 g/mol. The van der Waals surface area contributed by atoms with Gasteiger partial charge in [0, 0.05) is 6.07 Å². The van der Waals surface area contributed by atoms with Crippen LogP contribution < -0.4 is 4.74 Å². The van der Waals surface area contributed by atoms with Gasteiger partial charge in [-0.05, 0) is 36.8 Å². The van der Waals surface area contributed by atoms with Crippen molar-refractivity contribution in [2.24, 2.45) is 0 Å². The minimum absolute atomic E-state index is 0.0156. The summed E-state index contributed by atoms with van der Waals surface area (Å²) < 4.78 is 31.4. The van der Waals surface area contributed by atoms with Gasteiger partial charge in [0.1, 0.15) is 29.6 Å². The van der Waals surface area contributed by atoms with Crippen molar-refractivity contribution in [3.05, 3.63) is 64.7 Å². The summed E-state index contributed by atoms with van der Waals surface area (Å²) in [5.74, 6) is -2.36. The van der Waals surface area contributed by atoms with E-state index in [9.17, 15) is 13.6 Å². The van der Waals surface area contributed by atoms with E-state index in [-0.39, 0.29) is 17.9 Å². The molecule has 2 rings (SSSR count). The first kappa shape index (κ1) is 14.0. The molecule has 0 aliphatic heterocycles. The third-order valence-electron chi connectivity index (χ3n) is 2.68. The third-order valence-corrected chi connectivity index (χ3v) is 2.68. The Morgan fingerprint density at radius 3 is 2.40 bits per heavy atom. The topological polar surface area (TPSA) is 46.5 Å². The largest absolute Gasteiger partial charge is 0.488 e. The Hall–Kier alpha value is -2.43. The van der Waals surface area contributed by atoms with Crippen molar-refractivity contribution in [3.8, 4) is 5.75 Å². The smallest absolute Gasteiger partial charge is 0.339 e. The Bertz CT molecular complexity index is 633. The fraction of sp³-hybridized carbons (Fsp3) is 0.133. The van der Waals surface area contributed by atoms with Crippen molar-refractivity contribution in [1.82, 2.24) is 0 Å². The van der Waals surface area contributed by atoms with Gasteiger partial charge in [-0.15, -0.1) is 0 Å². The van der Waals surface area contributed by atoms with Crippen LogP contribution in [0.4, 0.5) is 8.78 Å². The number of hydrogen-bond acceptors (Lipinski definition) is 2. The lowest BCUT2D eigenvalue weighted by molar-refractivity contribution is 0.0691. The van der Waals surface area contributed by atoms with Crippen molar-refractivity contribution in [2.45, 2.75) is 13.5 Å². The van der Waals surface area contributed by atoms with E-state index < -0.39 is 17.6 Å². The zero-order valence-electron chi connectivity index (χ0n) is 10.7. The van der Waals surface area contributed by atoms with Crippen molar-refractivity contribution >= 4 is 5.97 Å². The van der Waals surface area contributed by atoms with Crippen LogP contribution in [0.15, 0.2) is 36.4 Å². The van der Waals surface area contributed by atoms with Gasteiger partial charge in [-0.1, -0.05) is 11.6 Å². The fourth-order valence-corrected chi connectivity index (χ4v) is 1.79. The van der Waals surface area contributed by atoms with Crippen LogP contribution in [0, 0.1) is 18.6 Å².